The number of aromatic hydroxyl groups is 1. The lowest BCUT2D eigenvalue weighted by Crippen LogP contribution is -2.40. The highest BCUT2D eigenvalue weighted by Crippen LogP contribution is 2.16. The number of nitrogens with zero attached hydrogens (tertiary/aromatic N) is 2. The van der Waals surface area contributed by atoms with Crippen molar-refractivity contribution in [2.45, 2.75) is 32.7 Å². The first-order chi connectivity index (χ1) is 15.8. The number of amides is 1. The minimum Gasteiger partial charge on any atom is -0.508 e. The van der Waals surface area contributed by atoms with Crippen molar-refractivity contribution in [1.29, 1.82) is 0 Å². The molecular weight excluding hydrogens is 442 g/mol. The van der Waals surface area contributed by atoms with Gasteiger partial charge in [-0.2, -0.15) is 0 Å². The van der Waals surface area contributed by atoms with E-state index in [9.17, 15) is 19.5 Å². The Morgan fingerprint density at radius 1 is 1.12 bits per heavy atom. The fraction of sp³-hybridized carbons (Fsp3) is 0.240. The number of nitrogens with one attached hydrogen (secondary N) is 1. The quantitative estimate of drug-likeness (QED) is 0.432. The average Bonchev–Trinajstić information content (AvgIpc) is 2.81. The van der Waals surface area contributed by atoms with Crippen LogP contribution in [0.1, 0.15) is 30.0 Å². The number of aromatic nitrogens is 2. The summed E-state index contributed by atoms with van der Waals surface area (Å²) < 4.78 is 1.98. The molecule has 0 fully saturated rings. The molecule has 8 heteroatoms. The second-order valence-corrected chi connectivity index (χ2v) is 7.83. The van der Waals surface area contributed by atoms with Gasteiger partial charge in [-0.15, -0.1) is 0 Å². The highest BCUT2D eigenvalue weighted by atomic mass is 35.5. The average molecular weight is 466 g/mol. The summed E-state index contributed by atoms with van der Waals surface area (Å²) in [5.41, 5.74) is 1.28. The van der Waals surface area contributed by atoms with Gasteiger partial charge in [0.25, 0.3) is 5.56 Å². The number of hydrogen-bond acceptors (Lipinski definition) is 4. The molecule has 1 aromatic heterocycles. The van der Waals surface area contributed by atoms with Crippen molar-refractivity contribution >= 4 is 23.2 Å². The second-order valence-electron chi connectivity index (χ2n) is 7.47. The zero-order chi connectivity index (χ0) is 24.0. The van der Waals surface area contributed by atoms with Crippen molar-refractivity contribution in [2.24, 2.45) is 7.05 Å². The molecule has 7 nitrogen and oxygen atoms in total. The summed E-state index contributed by atoms with van der Waals surface area (Å²) in [6.07, 6.45) is 1.60. The molecule has 170 valence electrons. The molecule has 0 aliphatic carbocycles. The van der Waals surface area contributed by atoms with Crippen LogP contribution in [0.5, 0.6) is 5.75 Å². The van der Waals surface area contributed by atoms with Gasteiger partial charge in [0.1, 0.15) is 16.6 Å². The van der Waals surface area contributed by atoms with E-state index in [0.29, 0.717) is 12.0 Å². The first kappa shape index (κ1) is 23.9. The van der Waals surface area contributed by atoms with E-state index in [-0.39, 0.29) is 35.5 Å². The predicted octanol–water partition coefficient (Wildman–Crippen LogP) is 3.09. The number of phenols is 1. The molecule has 33 heavy (non-hydrogen) atoms. The molecule has 0 atom stereocenters. The molecule has 0 saturated heterocycles. The van der Waals surface area contributed by atoms with Gasteiger partial charge in [0.15, 0.2) is 0 Å². The highest BCUT2D eigenvalue weighted by molar-refractivity contribution is 6.32. The smallest absolute Gasteiger partial charge is 0.332 e. The zero-order valence-corrected chi connectivity index (χ0v) is 19.1. The van der Waals surface area contributed by atoms with Gasteiger partial charge in [-0.05, 0) is 42.2 Å². The topological polar surface area (TPSA) is 93.3 Å². The van der Waals surface area contributed by atoms with E-state index in [1.54, 1.807) is 12.1 Å². The second kappa shape index (κ2) is 10.7. The van der Waals surface area contributed by atoms with Crippen molar-refractivity contribution in [3.63, 3.8) is 0 Å². The Kier molecular flexibility index (Phi) is 7.75. The number of carbonyl (C=O) groups is 1. The fourth-order valence-electron chi connectivity index (χ4n) is 3.19. The van der Waals surface area contributed by atoms with Gasteiger partial charge in [-0.1, -0.05) is 60.7 Å². The maximum atomic E-state index is 12.6. The Balaban J connectivity index is 1.77. The van der Waals surface area contributed by atoms with Crippen LogP contribution < -0.4 is 16.6 Å². The number of benzene rings is 2. The monoisotopic (exact) mass is 465 g/mol. The van der Waals surface area contributed by atoms with Crippen LogP contribution in [0.3, 0.4) is 0 Å². The zero-order valence-electron chi connectivity index (χ0n) is 18.4. The summed E-state index contributed by atoms with van der Waals surface area (Å²) in [6.45, 7) is 1.97. The molecule has 0 bridgehead atoms. The normalized spacial score (nSPS) is 10.4. The largest absolute Gasteiger partial charge is 0.508 e. The molecule has 2 N–H and O–H groups in total. The van der Waals surface area contributed by atoms with Crippen molar-refractivity contribution in [3.05, 3.63) is 91.2 Å². The highest BCUT2D eigenvalue weighted by Gasteiger charge is 2.17. The van der Waals surface area contributed by atoms with Crippen molar-refractivity contribution < 1.29 is 9.90 Å². The van der Waals surface area contributed by atoms with Gasteiger partial charge in [-0.25, -0.2) is 4.79 Å². The van der Waals surface area contributed by atoms with E-state index in [1.807, 2.05) is 24.3 Å². The van der Waals surface area contributed by atoms with Crippen LogP contribution in [-0.4, -0.2) is 20.1 Å². The molecule has 0 aliphatic rings. The lowest BCUT2D eigenvalue weighted by molar-refractivity contribution is -0.116. The molecule has 0 spiro atoms. The number of rotatable bonds is 6. The minimum absolute atomic E-state index is 0.0745. The van der Waals surface area contributed by atoms with Gasteiger partial charge in [-0.3, -0.25) is 18.7 Å². The Hall–Kier alpha value is -3.76. The van der Waals surface area contributed by atoms with Crippen molar-refractivity contribution in [3.8, 4) is 17.6 Å². The Bertz CT molecular complexity index is 1350. The summed E-state index contributed by atoms with van der Waals surface area (Å²) in [6, 6.07) is 14.4. The van der Waals surface area contributed by atoms with Crippen LogP contribution in [0.15, 0.2) is 58.1 Å². The lowest BCUT2D eigenvalue weighted by Gasteiger charge is -2.13. The maximum Gasteiger partial charge on any atom is 0.332 e. The summed E-state index contributed by atoms with van der Waals surface area (Å²) in [7, 11) is 1.31. The molecule has 1 heterocycles. The summed E-state index contributed by atoms with van der Waals surface area (Å²) >= 11 is 6.32. The SMILES string of the molecule is CCc1ccc(CCC(=O)Nc2c(Cl)n(CC#Cc3cccc(O)c3)c(=O)n(C)c2=O)cc1. The Morgan fingerprint density at radius 2 is 1.82 bits per heavy atom. The molecule has 0 saturated carbocycles. The summed E-state index contributed by atoms with van der Waals surface area (Å²) in [4.78, 5) is 37.6. The third-order valence-corrected chi connectivity index (χ3v) is 5.53. The Labute approximate surface area is 196 Å². The van der Waals surface area contributed by atoms with Gasteiger partial charge < -0.3 is 10.4 Å². The van der Waals surface area contributed by atoms with Crippen molar-refractivity contribution in [1.82, 2.24) is 9.13 Å². The van der Waals surface area contributed by atoms with Gasteiger partial charge in [0, 0.05) is 19.0 Å². The van der Waals surface area contributed by atoms with Gasteiger partial charge >= 0.3 is 5.69 Å². The molecule has 3 rings (SSSR count). The molecule has 0 aliphatic heterocycles. The van der Waals surface area contributed by atoms with E-state index >= 15 is 0 Å². The summed E-state index contributed by atoms with van der Waals surface area (Å²) in [5, 5.41) is 11.9. The number of hydrogen-bond donors (Lipinski definition) is 2. The number of aryl methyl sites for hydroxylation is 2. The number of anilines is 1. The van der Waals surface area contributed by atoms with Crippen LogP contribution in [0.25, 0.3) is 0 Å². The van der Waals surface area contributed by atoms with Crippen LogP contribution in [0.2, 0.25) is 5.15 Å². The third-order valence-electron chi connectivity index (χ3n) is 5.13. The van der Waals surface area contributed by atoms with Gasteiger partial charge in [0.05, 0.1) is 6.54 Å². The maximum absolute atomic E-state index is 12.6. The first-order valence-corrected chi connectivity index (χ1v) is 10.8. The van der Waals surface area contributed by atoms with Crippen molar-refractivity contribution in [2.75, 3.05) is 5.32 Å². The van der Waals surface area contributed by atoms with Crippen LogP contribution in [-0.2, 0) is 31.2 Å². The molecule has 0 radical (unpaired) electrons. The minimum atomic E-state index is -0.692. The van der Waals surface area contributed by atoms with Crippen LogP contribution >= 0.6 is 11.6 Å². The van der Waals surface area contributed by atoms with E-state index in [2.05, 4.69) is 24.1 Å². The molecule has 3 aromatic rings. The third kappa shape index (κ3) is 5.93. The number of phenolic OH excluding ortho intramolecular Hbond substituents is 1. The van der Waals surface area contributed by atoms with E-state index in [0.717, 1.165) is 21.1 Å². The number of carbonyl (C=O) groups excluding carboxylic acids is 1. The molecule has 2 aromatic carbocycles. The van der Waals surface area contributed by atoms with E-state index in [1.165, 1.54) is 24.7 Å². The number of halogens is 1. The van der Waals surface area contributed by atoms with E-state index in [4.69, 9.17) is 11.6 Å². The molecule has 0 unspecified atom stereocenters. The van der Waals surface area contributed by atoms with E-state index < -0.39 is 11.2 Å². The molecule has 1 amide bonds. The fourth-order valence-corrected chi connectivity index (χ4v) is 3.45. The summed E-state index contributed by atoms with van der Waals surface area (Å²) in [5.74, 6) is 5.32. The predicted molar refractivity (Wildman–Crippen MR) is 129 cm³/mol. The van der Waals surface area contributed by atoms with Crippen LogP contribution in [0.4, 0.5) is 5.69 Å². The molecular formula is C25H24ClN3O4. The standard InChI is InChI=1S/C25H24ClN3O4/c1-3-17-9-11-18(12-10-17)13-14-21(31)27-22-23(26)29(25(33)28(2)24(22)32)15-5-7-19-6-4-8-20(30)16-19/h4,6,8-12,16,30H,3,13-15H2,1-2H3,(H,27,31). The lowest BCUT2D eigenvalue weighted by atomic mass is 10.1. The van der Waals surface area contributed by atoms with Crippen LogP contribution in [0, 0.1) is 11.8 Å². The van der Waals surface area contributed by atoms with Gasteiger partial charge in [0.2, 0.25) is 5.91 Å². The first-order valence-electron chi connectivity index (χ1n) is 10.4. The Morgan fingerprint density at radius 3 is 2.48 bits per heavy atom.